The molecule has 0 radical (unpaired) electrons. The second-order valence-corrected chi connectivity index (χ2v) is 13.2. The van der Waals surface area contributed by atoms with Gasteiger partial charge in [0, 0.05) is 52.4 Å². The number of carbonyl (C=O) groups excluding carboxylic acids is 2. The molecule has 6 atom stereocenters. The first kappa shape index (κ1) is 39.4. The van der Waals surface area contributed by atoms with Crippen LogP contribution in [0.2, 0.25) is 5.15 Å². The second-order valence-electron chi connectivity index (χ2n) is 12.8. The fourth-order valence-electron chi connectivity index (χ4n) is 5.48. The minimum absolute atomic E-state index is 0. The number of nitrogens with one attached hydrogen (secondary N) is 2. The molecular formula is C38H48Cl2N6O3. The van der Waals surface area contributed by atoms with Crippen LogP contribution in [0.3, 0.4) is 0 Å². The Morgan fingerprint density at radius 2 is 1.12 bits per heavy atom. The first-order valence-corrected chi connectivity index (χ1v) is 16.6. The summed E-state index contributed by atoms with van der Waals surface area (Å²) < 4.78 is 0. The lowest BCUT2D eigenvalue weighted by atomic mass is 10.1. The topological polar surface area (TPSA) is 111 Å². The predicted octanol–water partition coefficient (Wildman–Crippen LogP) is 7.20. The molecule has 2 amide bonds. The van der Waals surface area contributed by atoms with Gasteiger partial charge in [-0.3, -0.25) is 9.59 Å². The summed E-state index contributed by atoms with van der Waals surface area (Å²) in [4.78, 5) is 35.1. The van der Waals surface area contributed by atoms with Crippen LogP contribution < -0.4 is 15.5 Å². The van der Waals surface area contributed by atoms with Gasteiger partial charge in [-0.25, -0.2) is 9.97 Å². The van der Waals surface area contributed by atoms with E-state index in [1.54, 1.807) is 26.4 Å². The summed E-state index contributed by atoms with van der Waals surface area (Å²) in [5.74, 6) is 2.11. The van der Waals surface area contributed by atoms with Gasteiger partial charge in [-0.15, -0.1) is 12.4 Å². The van der Waals surface area contributed by atoms with Crippen LogP contribution in [0.5, 0.6) is 0 Å². The van der Waals surface area contributed by atoms with Crippen molar-refractivity contribution in [2.45, 2.75) is 50.6 Å². The van der Waals surface area contributed by atoms with Gasteiger partial charge < -0.3 is 20.7 Å². The molecule has 9 nitrogen and oxygen atoms in total. The Hall–Kier alpha value is -4.02. The number of hydrogen-bond donors (Lipinski definition) is 3. The zero-order valence-electron chi connectivity index (χ0n) is 29.0. The summed E-state index contributed by atoms with van der Waals surface area (Å²) in [6.07, 6.45) is 5.42. The van der Waals surface area contributed by atoms with Gasteiger partial charge in [-0.2, -0.15) is 5.06 Å². The SMILES string of the molecule is CN(C)O.C[C@H](NC(=O)[C@H]1C[C@@H]1c1ccccc1)c1ccc(Cl)nc1.C[C@H](NC(=O)[C@H]1C[C@@H]1c1ccccc1)c1ccc(N(C)C)nc1.Cl. The minimum atomic E-state index is -0.0562. The predicted molar refractivity (Wildman–Crippen MR) is 198 cm³/mol. The molecule has 2 saturated carbocycles. The lowest BCUT2D eigenvalue weighted by molar-refractivity contribution is -0.123. The van der Waals surface area contributed by atoms with E-state index in [9.17, 15) is 9.59 Å². The fraction of sp³-hybridized carbons (Fsp3) is 0.368. The number of hydrogen-bond acceptors (Lipinski definition) is 7. The molecule has 49 heavy (non-hydrogen) atoms. The number of halogens is 2. The normalized spacial score (nSPS) is 19.7. The third-order valence-corrected chi connectivity index (χ3v) is 8.63. The molecule has 2 heterocycles. The van der Waals surface area contributed by atoms with E-state index in [1.165, 1.54) is 11.1 Å². The number of rotatable bonds is 9. The van der Waals surface area contributed by atoms with E-state index < -0.39 is 0 Å². The molecule has 0 unspecified atom stereocenters. The van der Waals surface area contributed by atoms with Gasteiger partial charge in [-0.05, 0) is 72.9 Å². The molecule has 2 aliphatic rings. The van der Waals surface area contributed by atoms with Gasteiger partial charge in [0.25, 0.3) is 0 Å². The average molecular weight is 708 g/mol. The van der Waals surface area contributed by atoms with E-state index in [4.69, 9.17) is 16.8 Å². The highest BCUT2D eigenvalue weighted by atomic mass is 35.5. The minimum Gasteiger partial charge on any atom is -0.363 e. The molecule has 2 aromatic carbocycles. The summed E-state index contributed by atoms with van der Waals surface area (Å²) in [6, 6.07) is 28.0. The second kappa shape index (κ2) is 18.7. The number of nitrogens with zero attached hydrogens (tertiary/aromatic N) is 4. The lowest BCUT2D eigenvalue weighted by Gasteiger charge is -2.16. The molecule has 2 aromatic heterocycles. The molecule has 2 aliphatic carbocycles. The van der Waals surface area contributed by atoms with Crippen LogP contribution in [0.1, 0.15) is 72.9 Å². The maximum atomic E-state index is 12.4. The summed E-state index contributed by atoms with van der Waals surface area (Å²) >= 11 is 5.77. The van der Waals surface area contributed by atoms with Crippen LogP contribution in [-0.2, 0) is 9.59 Å². The van der Waals surface area contributed by atoms with Crippen molar-refractivity contribution >= 4 is 41.6 Å². The van der Waals surface area contributed by atoms with E-state index in [1.807, 2.05) is 93.6 Å². The van der Waals surface area contributed by atoms with Gasteiger partial charge >= 0.3 is 0 Å². The number of pyridine rings is 2. The lowest BCUT2D eigenvalue weighted by Crippen LogP contribution is -2.28. The number of hydroxylamine groups is 2. The van der Waals surface area contributed by atoms with Crippen molar-refractivity contribution in [2.24, 2.45) is 11.8 Å². The number of carbonyl (C=O) groups is 2. The first-order chi connectivity index (χ1) is 22.9. The van der Waals surface area contributed by atoms with Gasteiger partial charge in [0.15, 0.2) is 0 Å². The molecule has 11 heteroatoms. The smallest absolute Gasteiger partial charge is 0.224 e. The van der Waals surface area contributed by atoms with E-state index in [0.29, 0.717) is 17.0 Å². The van der Waals surface area contributed by atoms with Crippen molar-refractivity contribution in [2.75, 3.05) is 33.1 Å². The van der Waals surface area contributed by atoms with Crippen LogP contribution in [-0.4, -0.2) is 60.2 Å². The quantitative estimate of drug-likeness (QED) is 0.125. The largest absolute Gasteiger partial charge is 0.363 e. The molecule has 0 saturated heterocycles. The van der Waals surface area contributed by atoms with E-state index in [0.717, 1.165) is 34.8 Å². The highest BCUT2D eigenvalue weighted by molar-refractivity contribution is 6.29. The van der Waals surface area contributed by atoms with Crippen molar-refractivity contribution in [1.29, 1.82) is 0 Å². The standard InChI is InChI=1S/C19H23N3O.C17H17ClN2O.C2H7NO.ClH/c1-13(15-9-10-18(20-12-15)22(2)3)21-19(23)17-11-16(17)14-7-5-4-6-8-14;1-11(13-7-8-16(18)19-10-13)20-17(21)15-9-14(15)12-5-3-2-4-6-12;1-3(2)4;/h4-10,12-13,16-17H,11H2,1-3H3,(H,21,23);2-8,10-11,14-15H,9H2,1H3,(H,20,21);4H,1-2H3;1H/t13-,16+,17-;11-,14+,15-;;/m00../s1. The molecule has 0 spiro atoms. The number of amides is 2. The number of benzene rings is 2. The Morgan fingerprint density at radius 3 is 1.47 bits per heavy atom. The zero-order valence-corrected chi connectivity index (χ0v) is 30.5. The maximum Gasteiger partial charge on any atom is 0.224 e. The summed E-state index contributed by atoms with van der Waals surface area (Å²) in [5, 5.41) is 15.5. The van der Waals surface area contributed by atoms with Crippen LogP contribution in [0, 0.1) is 11.8 Å². The third kappa shape index (κ3) is 12.1. The van der Waals surface area contributed by atoms with Crippen molar-refractivity contribution in [1.82, 2.24) is 25.7 Å². The molecule has 0 aliphatic heterocycles. The monoisotopic (exact) mass is 706 g/mol. The summed E-state index contributed by atoms with van der Waals surface area (Å²) in [7, 11) is 7.04. The Balaban J connectivity index is 0.000000236. The molecule has 3 N–H and O–H groups in total. The molecule has 2 fully saturated rings. The van der Waals surface area contributed by atoms with Crippen molar-refractivity contribution in [3.05, 3.63) is 125 Å². The molecule has 4 aromatic rings. The fourth-order valence-corrected chi connectivity index (χ4v) is 5.59. The maximum absolute atomic E-state index is 12.4. The molecule has 0 bridgehead atoms. The zero-order chi connectivity index (χ0) is 34.8. The highest BCUT2D eigenvalue weighted by Gasteiger charge is 2.45. The van der Waals surface area contributed by atoms with Gasteiger partial charge in [-0.1, -0.05) is 84.4 Å². The Kier molecular flexibility index (Phi) is 15.0. The van der Waals surface area contributed by atoms with E-state index >= 15 is 0 Å². The van der Waals surface area contributed by atoms with Gasteiger partial charge in [0.2, 0.25) is 11.8 Å². The Labute approximate surface area is 301 Å². The Morgan fingerprint density at radius 1 is 0.714 bits per heavy atom. The van der Waals surface area contributed by atoms with Crippen LogP contribution in [0.4, 0.5) is 5.82 Å². The highest BCUT2D eigenvalue weighted by Crippen LogP contribution is 2.48. The van der Waals surface area contributed by atoms with E-state index in [-0.39, 0.29) is 48.1 Å². The van der Waals surface area contributed by atoms with Crippen LogP contribution in [0.25, 0.3) is 0 Å². The van der Waals surface area contributed by atoms with Crippen molar-refractivity contribution in [3.8, 4) is 0 Å². The first-order valence-electron chi connectivity index (χ1n) is 16.3. The van der Waals surface area contributed by atoms with Crippen molar-refractivity contribution in [3.63, 3.8) is 0 Å². The number of anilines is 1. The summed E-state index contributed by atoms with van der Waals surface area (Å²) in [5.41, 5.74) is 4.50. The van der Waals surface area contributed by atoms with E-state index in [2.05, 4.69) is 44.9 Å². The third-order valence-electron chi connectivity index (χ3n) is 8.41. The molecule has 262 valence electrons. The molecule has 6 rings (SSSR count). The number of aromatic nitrogens is 2. The Bertz CT molecular complexity index is 1590. The summed E-state index contributed by atoms with van der Waals surface area (Å²) in [6.45, 7) is 3.97. The van der Waals surface area contributed by atoms with Gasteiger partial charge in [0.05, 0.1) is 12.1 Å². The van der Waals surface area contributed by atoms with Crippen molar-refractivity contribution < 1.29 is 14.8 Å². The van der Waals surface area contributed by atoms with Crippen LogP contribution in [0.15, 0.2) is 97.3 Å². The average Bonchev–Trinajstić information content (AvgIpc) is 4.01. The van der Waals surface area contributed by atoms with Gasteiger partial charge in [0.1, 0.15) is 11.0 Å². The van der Waals surface area contributed by atoms with Crippen LogP contribution >= 0.6 is 24.0 Å². The molecular weight excluding hydrogens is 659 g/mol.